The second-order valence-electron chi connectivity index (χ2n) is 4.10. The van der Waals surface area contributed by atoms with E-state index >= 15 is 0 Å². The average molecular weight is 204 g/mol. The molecule has 1 nitrogen and oxygen atoms in total. The van der Waals surface area contributed by atoms with E-state index in [-0.39, 0.29) is 12.6 Å². The van der Waals surface area contributed by atoms with E-state index < -0.39 is 0 Å². The number of halogens is 1. The van der Waals surface area contributed by atoms with Gasteiger partial charge < -0.3 is 4.74 Å². The Kier molecular flexibility index (Phi) is 10.9. The molecule has 0 N–H and O–H groups in total. The van der Waals surface area contributed by atoms with Gasteiger partial charge in [-0.3, -0.25) is 4.39 Å². The van der Waals surface area contributed by atoms with Gasteiger partial charge in [0.1, 0.15) is 0 Å². The van der Waals surface area contributed by atoms with Crippen molar-refractivity contribution in [2.45, 2.75) is 52.4 Å². The number of hydrogen-bond acceptors (Lipinski definition) is 1. The largest absolute Gasteiger partial charge is 0.381 e. The average Bonchev–Trinajstić information content (AvgIpc) is 2.21. The molecule has 0 amide bonds. The fraction of sp³-hybridized carbons (Fsp3) is 1.00. The van der Waals surface area contributed by atoms with Crippen LogP contribution in [0.5, 0.6) is 0 Å². The Balaban J connectivity index is 2.92. The highest BCUT2D eigenvalue weighted by molar-refractivity contribution is 4.48. The SMILES string of the molecule is CCCCCCCCOCC(C)CF. The number of alkyl halides is 1. The summed E-state index contributed by atoms with van der Waals surface area (Å²) in [5, 5.41) is 0. The van der Waals surface area contributed by atoms with E-state index in [2.05, 4.69) is 6.92 Å². The Morgan fingerprint density at radius 2 is 1.71 bits per heavy atom. The van der Waals surface area contributed by atoms with Gasteiger partial charge in [-0.1, -0.05) is 46.0 Å². The number of ether oxygens (including phenoxy) is 1. The lowest BCUT2D eigenvalue weighted by atomic mass is 10.1. The molecule has 0 aliphatic rings. The second kappa shape index (κ2) is 11.0. The summed E-state index contributed by atoms with van der Waals surface area (Å²) < 4.78 is 17.4. The van der Waals surface area contributed by atoms with Gasteiger partial charge in [0.2, 0.25) is 0 Å². The maximum absolute atomic E-state index is 12.0. The quantitative estimate of drug-likeness (QED) is 0.489. The van der Waals surface area contributed by atoms with Gasteiger partial charge >= 0.3 is 0 Å². The van der Waals surface area contributed by atoms with Crippen molar-refractivity contribution < 1.29 is 9.13 Å². The number of rotatable bonds is 10. The summed E-state index contributed by atoms with van der Waals surface area (Å²) in [5.74, 6) is 0.0649. The minimum absolute atomic E-state index is 0.0649. The van der Waals surface area contributed by atoms with Crippen LogP contribution in [0, 0.1) is 5.92 Å². The van der Waals surface area contributed by atoms with Gasteiger partial charge in [0.15, 0.2) is 0 Å². The third kappa shape index (κ3) is 9.97. The van der Waals surface area contributed by atoms with Crippen LogP contribution in [-0.2, 0) is 4.74 Å². The first-order valence-electron chi connectivity index (χ1n) is 5.95. The molecule has 0 fully saturated rings. The van der Waals surface area contributed by atoms with Crippen LogP contribution in [0.3, 0.4) is 0 Å². The molecular formula is C12H25FO. The molecule has 0 rings (SSSR count). The predicted octanol–water partition coefficient (Wildman–Crippen LogP) is 3.97. The topological polar surface area (TPSA) is 9.23 Å². The standard InChI is InChI=1S/C12H25FO/c1-3-4-5-6-7-8-9-14-11-12(2)10-13/h12H,3-11H2,1-2H3. The van der Waals surface area contributed by atoms with Crippen LogP contribution < -0.4 is 0 Å². The molecular weight excluding hydrogens is 179 g/mol. The van der Waals surface area contributed by atoms with Gasteiger partial charge in [-0.25, -0.2) is 0 Å². The van der Waals surface area contributed by atoms with Crippen molar-refractivity contribution in [2.24, 2.45) is 5.92 Å². The summed E-state index contributed by atoms with van der Waals surface area (Å²) in [6.45, 7) is 5.21. The zero-order chi connectivity index (χ0) is 10.6. The molecule has 0 bridgehead atoms. The first-order chi connectivity index (χ1) is 6.81. The van der Waals surface area contributed by atoms with Crippen LogP contribution in [0.15, 0.2) is 0 Å². The molecule has 0 saturated carbocycles. The summed E-state index contributed by atoms with van der Waals surface area (Å²) in [7, 11) is 0. The summed E-state index contributed by atoms with van der Waals surface area (Å²) >= 11 is 0. The fourth-order valence-electron chi connectivity index (χ4n) is 1.31. The van der Waals surface area contributed by atoms with Crippen molar-refractivity contribution >= 4 is 0 Å². The third-order valence-corrected chi connectivity index (χ3v) is 2.31. The van der Waals surface area contributed by atoms with Gasteiger partial charge in [-0.05, 0) is 6.42 Å². The Labute approximate surface area is 88.0 Å². The molecule has 14 heavy (non-hydrogen) atoms. The van der Waals surface area contributed by atoms with E-state index in [0.29, 0.717) is 6.61 Å². The van der Waals surface area contributed by atoms with Crippen LogP contribution in [0.4, 0.5) is 4.39 Å². The Hall–Kier alpha value is -0.110. The van der Waals surface area contributed by atoms with E-state index in [1.807, 2.05) is 6.92 Å². The summed E-state index contributed by atoms with van der Waals surface area (Å²) in [6, 6.07) is 0. The zero-order valence-electron chi connectivity index (χ0n) is 9.73. The van der Waals surface area contributed by atoms with Gasteiger partial charge in [-0.2, -0.15) is 0 Å². The maximum atomic E-state index is 12.0. The molecule has 0 saturated heterocycles. The fourth-order valence-corrected chi connectivity index (χ4v) is 1.31. The van der Waals surface area contributed by atoms with Crippen LogP contribution in [0.25, 0.3) is 0 Å². The van der Waals surface area contributed by atoms with E-state index in [1.54, 1.807) is 0 Å². The van der Waals surface area contributed by atoms with E-state index in [9.17, 15) is 4.39 Å². The molecule has 1 atom stereocenters. The lowest BCUT2D eigenvalue weighted by Gasteiger charge is -2.07. The minimum Gasteiger partial charge on any atom is -0.381 e. The molecule has 0 aromatic rings. The van der Waals surface area contributed by atoms with Gasteiger partial charge in [0.25, 0.3) is 0 Å². The Morgan fingerprint density at radius 3 is 2.36 bits per heavy atom. The van der Waals surface area contributed by atoms with Crippen molar-refractivity contribution in [3.05, 3.63) is 0 Å². The molecule has 86 valence electrons. The van der Waals surface area contributed by atoms with E-state index in [0.717, 1.165) is 13.0 Å². The van der Waals surface area contributed by atoms with Crippen LogP contribution in [0.2, 0.25) is 0 Å². The smallest absolute Gasteiger partial charge is 0.0941 e. The highest BCUT2D eigenvalue weighted by Gasteiger charge is 1.99. The molecule has 2 heteroatoms. The predicted molar refractivity (Wildman–Crippen MR) is 59.3 cm³/mol. The molecule has 0 radical (unpaired) electrons. The molecule has 0 aliphatic carbocycles. The normalized spacial score (nSPS) is 13.1. The van der Waals surface area contributed by atoms with Gasteiger partial charge in [0, 0.05) is 12.5 Å². The highest BCUT2D eigenvalue weighted by Crippen LogP contribution is 2.05. The van der Waals surface area contributed by atoms with Crippen molar-refractivity contribution in [1.29, 1.82) is 0 Å². The van der Waals surface area contributed by atoms with Crippen molar-refractivity contribution in [3.63, 3.8) is 0 Å². The summed E-state index contributed by atoms with van der Waals surface area (Å²) in [6.07, 6.45) is 7.68. The Bertz CT molecular complexity index is 106. The first-order valence-corrected chi connectivity index (χ1v) is 5.95. The molecule has 0 spiro atoms. The molecule has 0 heterocycles. The monoisotopic (exact) mass is 204 g/mol. The maximum Gasteiger partial charge on any atom is 0.0941 e. The van der Waals surface area contributed by atoms with E-state index in [1.165, 1.54) is 32.1 Å². The summed E-state index contributed by atoms with van der Waals surface area (Å²) in [4.78, 5) is 0. The molecule has 0 aromatic carbocycles. The zero-order valence-corrected chi connectivity index (χ0v) is 9.73. The minimum atomic E-state index is -0.267. The highest BCUT2D eigenvalue weighted by atomic mass is 19.1. The summed E-state index contributed by atoms with van der Waals surface area (Å²) in [5.41, 5.74) is 0. The van der Waals surface area contributed by atoms with Crippen LogP contribution in [-0.4, -0.2) is 19.9 Å². The number of hydrogen-bond donors (Lipinski definition) is 0. The van der Waals surface area contributed by atoms with Crippen molar-refractivity contribution in [3.8, 4) is 0 Å². The second-order valence-corrected chi connectivity index (χ2v) is 4.10. The van der Waals surface area contributed by atoms with Crippen LogP contribution in [0.1, 0.15) is 52.4 Å². The van der Waals surface area contributed by atoms with Gasteiger partial charge in [-0.15, -0.1) is 0 Å². The lowest BCUT2D eigenvalue weighted by molar-refractivity contribution is 0.0925. The first kappa shape index (κ1) is 13.9. The Morgan fingerprint density at radius 1 is 1.07 bits per heavy atom. The third-order valence-electron chi connectivity index (χ3n) is 2.31. The lowest BCUT2D eigenvalue weighted by Crippen LogP contribution is -2.08. The molecule has 0 aliphatic heterocycles. The number of unbranched alkanes of at least 4 members (excludes halogenated alkanes) is 5. The molecule has 0 aromatic heterocycles. The van der Waals surface area contributed by atoms with Crippen molar-refractivity contribution in [1.82, 2.24) is 0 Å². The van der Waals surface area contributed by atoms with E-state index in [4.69, 9.17) is 4.74 Å². The van der Waals surface area contributed by atoms with Crippen LogP contribution >= 0.6 is 0 Å². The van der Waals surface area contributed by atoms with Gasteiger partial charge in [0.05, 0.1) is 13.3 Å². The molecule has 1 unspecified atom stereocenters. The van der Waals surface area contributed by atoms with Crippen molar-refractivity contribution in [2.75, 3.05) is 19.9 Å².